The van der Waals surface area contributed by atoms with Gasteiger partial charge in [-0.2, -0.15) is 0 Å². The summed E-state index contributed by atoms with van der Waals surface area (Å²) in [5.74, 6) is 1.02. The zero-order chi connectivity index (χ0) is 17.8. The number of aromatic nitrogens is 2. The number of amides is 2. The lowest BCUT2D eigenvalue weighted by Crippen LogP contribution is -2.39. The van der Waals surface area contributed by atoms with Crippen LogP contribution >= 0.6 is 0 Å². The Hall–Kier alpha value is -2.70. The number of nitrogens with zero attached hydrogens (tertiary/aromatic N) is 4. The minimum absolute atomic E-state index is 0.0383. The molecule has 2 heterocycles. The smallest absolute Gasteiger partial charge is 0.242 e. The zero-order valence-corrected chi connectivity index (χ0v) is 14.5. The van der Waals surface area contributed by atoms with Gasteiger partial charge in [0.25, 0.3) is 0 Å². The molecule has 0 N–H and O–H groups in total. The van der Waals surface area contributed by atoms with Gasteiger partial charge in [-0.15, -0.1) is 10.2 Å². The predicted octanol–water partition coefficient (Wildman–Crippen LogP) is 1.43. The van der Waals surface area contributed by atoms with E-state index in [2.05, 4.69) is 22.3 Å². The lowest BCUT2D eigenvalue weighted by Gasteiger charge is -2.21. The molecule has 0 bridgehead atoms. The first kappa shape index (κ1) is 17.1. The summed E-state index contributed by atoms with van der Waals surface area (Å²) in [6, 6.07) is 10.1. The van der Waals surface area contributed by atoms with Crippen molar-refractivity contribution in [3.8, 4) is 0 Å². The molecule has 1 fully saturated rings. The van der Waals surface area contributed by atoms with Gasteiger partial charge in [-0.25, -0.2) is 0 Å². The van der Waals surface area contributed by atoms with Crippen LogP contribution in [0.4, 0.5) is 0 Å². The van der Waals surface area contributed by atoms with E-state index in [0.29, 0.717) is 24.7 Å². The molecule has 0 saturated carbocycles. The molecule has 1 saturated heterocycles. The first-order valence-corrected chi connectivity index (χ1v) is 8.36. The number of hydrogen-bond donors (Lipinski definition) is 0. The zero-order valence-electron chi connectivity index (χ0n) is 14.5. The van der Waals surface area contributed by atoms with Crippen LogP contribution in [0.15, 0.2) is 34.7 Å². The second-order valence-electron chi connectivity index (χ2n) is 6.50. The lowest BCUT2D eigenvalue weighted by molar-refractivity contribution is -0.138. The molecular formula is C18H22N4O3. The Morgan fingerprint density at radius 3 is 2.76 bits per heavy atom. The summed E-state index contributed by atoms with van der Waals surface area (Å²) in [6.07, 6.45) is 1.35. The molecule has 1 aromatic heterocycles. The number of carbonyl (C=O) groups excluding carboxylic acids is 2. The molecule has 1 aliphatic rings. The molecule has 2 aromatic rings. The van der Waals surface area contributed by atoms with E-state index < -0.39 is 0 Å². The number of rotatable bonds is 6. The average Bonchev–Trinajstić information content (AvgIpc) is 3.14. The topological polar surface area (TPSA) is 79.5 Å². The summed E-state index contributed by atoms with van der Waals surface area (Å²) < 4.78 is 5.28. The fraction of sp³-hybridized carbons (Fsp3) is 0.444. The molecule has 132 valence electrons. The Balaban J connectivity index is 1.51. The van der Waals surface area contributed by atoms with Gasteiger partial charge in [-0.3, -0.25) is 9.59 Å². The Morgan fingerprint density at radius 2 is 2.08 bits per heavy atom. The van der Waals surface area contributed by atoms with Crippen LogP contribution in [0.25, 0.3) is 0 Å². The highest BCUT2D eigenvalue weighted by Crippen LogP contribution is 2.22. The Bertz CT molecular complexity index is 744. The Kier molecular flexibility index (Phi) is 5.11. The maximum absolute atomic E-state index is 12.4. The highest BCUT2D eigenvalue weighted by atomic mass is 16.4. The summed E-state index contributed by atoms with van der Waals surface area (Å²) in [5.41, 5.74) is 1.22. The van der Waals surface area contributed by atoms with Gasteiger partial charge in [0.1, 0.15) is 0 Å². The Morgan fingerprint density at radius 1 is 1.32 bits per heavy atom. The van der Waals surface area contributed by atoms with Crippen molar-refractivity contribution in [2.45, 2.75) is 26.3 Å². The van der Waals surface area contributed by atoms with Gasteiger partial charge < -0.3 is 14.2 Å². The van der Waals surface area contributed by atoms with Crippen molar-refractivity contribution in [1.29, 1.82) is 0 Å². The van der Waals surface area contributed by atoms with Crippen molar-refractivity contribution >= 4 is 11.8 Å². The summed E-state index contributed by atoms with van der Waals surface area (Å²) in [4.78, 5) is 27.7. The van der Waals surface area contributed by atoms with Gasteiger partial charge >= 0.3 is 0 Å². The third-order valence-corrected chi connectivity index (χ3v) is 4.35. The highest BCUT2D eigenvalue weighted by molar-refractivity contribution is 5.86. The van der Waals surface area contributed by atoms with Crippen molar-refractivity contribution in [2.24, 2.45) is 5.92 Å². The first-order chi connectivity index (χ1) is 12.0. The Labute approximate surface area is 146 Å². The van der Waals surface area contributed by atoms with E-state index in [9.17, 15) is 9.59 Å². The van der Waals surface area contributed by atoms with E-state index in [4.69, 9.17) is 4.42 Å². The molecule has 0 aliphatic carbocycles. The monoisotopic (exact) mass is 342 g/mol. The molecule has 1 atom stereocenters. The van der Waals surface area contributed by atoms with Crippen LogP contribution in [0.2, 0.25) is 0 Å². The van der Waals surface area contributed by atoms with Crippen LogP contribution in [-0.4, -0.2) is 51.9 Å². The van der Waals surface area contributed by atoms with Gasteiger partial charge in [-0.05, 0) is 17.9 Å². The standard InChI is InChI=1S/C18H22N4O3/c1-13-19-20-16(25-13)11-21(2)18(24)12-22-10-15(9-17(22)23)8-14-6-4-3-5-7-14/h3-7,15H,8-12H2,1-2H3/t15-/m1/s1. The van der Waals surface area contributed by atoms with Gasteiger partial charge in [0.15, 0.2) is 0 Å². The van der Waals surface area contributed by atoms with Gasteiger partial charge in [0.2, 0.25) is 23.6 Å². The molecule has 1 aliphatic heterocycles. The maximum Gasteiger partial charge on any atom is 0.242 e. The normalized spacial score (nSPS) is 17.1. The van der Waals surface area contributed by atoms with Crippen molar-refractivity contribution in [1.82, 2.24) is 20.0 Å². The highest BCUT2D eigenvalue weighted by Gasteiger charge is 2.31. The molecule has 0 radical (unpaired) electrons. The number of benzene rings is 1. The van der Waals surface area contributed by atoms with E-state index in [1.165, 1.54) is 10.5 Å². The molecule has 1 aromatic carbocycles. The molecule has 25 heavy (non-hydrogen) atoms. The molecule has 7 nitrogen and oxygen atoms in total. The lowest BCUT2D eigenvalue weighted by atomic mass is 9.99. The summed E-state index contributed by atoms with van der Waals surface area (Å²) in [7, 11) is 1.67. The van der Waals surface area contributed by atoms with E-state index in [0.717, 1.165) is 6.42 Å². The fourth-order valence-electron chi connectivity index (χ4n) is 3.07. The minimum Gasteiger partial charge on any atom is -0.424 e. The fourth-order valence-corrected chi connectivity index (χ4v) is 3.07. The quantitative estimate of drug-likeness (QED) is 0.793. The SMILES string of the molecule is Cc1nnc(CN(C)C(=O)CN2C[C@H](Cc3ccccc3)CC2=O)o1. The molecule has 0 unspecified atom stereocenters. The first-order valence-electron chi connectivity index (χ1n) is 8.36. The van der Waals surface area contributed by atoms with E-state index in [1.807, 2.05) is 18.2 Å². The number of carbonyl (C=O) groups is 2. The van der Waals surface area contributed by atoms with E-state index in [-0.39, 0.29) is 30.8 Å². The minimum atomic E-state index is -0.135. The molecular weight excluding hydrogens is 320 g/mol. The van der Waals surface area contributed by atoms with E-state index >= 15 is 0 Å². The number of likely N-dealkylation sites (N-methyl/N-ethyl adjacent to an activating group) is 1. The maximum atomic E-state index is 12.4. The average molecular weight is 342 g/mol. The number of aryl methyl sites for hydroxylation is 1. The van der Waals surface area contributed by atoms with Gasteiger partial charge in [0, 0.05) is 26.9 Å². The van der Waals surface area contributed by atoms with Gasteiger partial charge in [-0.1, -0.05) is 30.3 Å². The second-order valence-corrected chi connectivity index (χ2v) is 6.50. The number of hydrogen-bond acceptors (Lipinski definition) is 5. The largest absolute Gasteiger partial charge is 0.424 e. The van der Waals surface area contributed by atoms with Crippen molar-refractivity contribution in [2.75, 3.05) is 20.1 Å². The number of likely N-dealkylation sites (tertiary alicyclic amines) is 1. The van der Waals surface area contributed by atoms with Gasteiger partial charge in [0.05, 0.1) is 13.1 Å². The van der Waals surface area contributed by atoms with Crippen molar-refractivity contribution in [3.63, 3.8) is 0 Å². The van der Waals surface area contributed by atoms with Crippen molar-refractivity contribution < 1.29 is 14.0 Å². The molecule has 0 spiro atoms. The van der Waals surface area contributed by atoms with Crippen LogP contribution in [0.5, 0.6) is 0 Å². The molecule has 7 heteroatoms. The van der Waals surface area contributed by atoms with Crippen LogP contribution in [0.3, 0.4) is 0 Å². The third-order valence-electron chi connectivity index (χ3n) is 4.35. The third kappa shape index (κ3) is 4.43. The summed E-state index contributed by atoms with van der Waals surface area (Å²) in [6.45, 7) is 2.66. The molecule has 2 amide bonds. The van der Waals surface area contributed by atoms with Crippen LogP contribution in [0, 0.1) is 12.8 Å². The van der Waals surface area contributed by atoms with Crippen LogP contribution in [-0.2, 0) is 22.6 Å². The second kappa shape index (κ2) is 7.46. The molecule has 3 rings (SSSR count). The van der Waals surface area contributed by atoms with Crippen LogP contribution < -0.4 is 0 Å². The van der Waals surface area contributed by atoms with E-state index in [1.54, 1.807) is 18.9 Å². The summed E-state index contributed by atoms with van der Waals surface area (Å²) in [5, 5.41) is 7.63. The summed E-state index contributed by atoms with van der Waals surface area (Å²) >= 11 is 0. The van der Waals surface area contributed by atoms with Crippen molar-refractivity contribution in [3.05, 3.63) is 47.7 Å². The van der Waals surface area contributed by atoms with Crippen LogP contribution in [0.1, 0.15) is 23.8 Å². The predicted molar refractivity (Wildman–Crippen MR) is 90.3 cm³/mol.